The van der Waals surface area contributed by atoms with Gasteiger partial charge >= 0.3 is 0 Å². The van der Waals surface area contributed by atoms with Crippen molar-refractivity contribution in [1.82, 2.24) is 4.90 Å². The Morgan fingerprint density at radius 1 is 1.29 bits per heavy atom. The lowest BCUT2D eigenvalue weighted by molar-refractivity contribution is -0.128. The van der Waals surface area contributed by atoms with E-state index in [1.807, 2.05) is 39.2 Å². The van der Waals surface area contributed by atoms with Gasteiger partial charge in [-0.3, -0.25) is 9.69 Å². The maximum absolute atomic E-state index is 13.0. The maximum atomic E-state index is 13.0. The third-order valence-corrected chi connectivity index (χ3v) is 6.02. The molecule has 1 saturated carbocycles. The van der Waals surface area contributed by atoms with Crippen molar-refractivity contribution >= 4 is 29.0 Å². The lowest BCUT2D eigenvalue weighted by Gasteiger charge is -2.50. The molecule has 0 heterocycles. The summed E-state index contributed by atoms with van der Waals surface area (Å²) in [6.07, 6.45) is 4.50. The first-order valence-corrected chi connectivity index (χ1v) is 9.25. The Morgan fingerprint density at radius 3 is 2.42 bits per heavy atom. The van der Waals surface area contributed by atoms with Gasteiger partial charge in [-0.2, -0.15) is 0 Å². The molecule has 0 N–H and O–H groups in total. The van der Waals surface area contributed by atoms with Crippen LogP contribution in [0.15, 0.2) is 18.2 Å². The molecule has 0 saturated heterocycles. The second kappa shape index (κ2) is 8.18. The summed E-state index contributed by atoms with van der Waals surface area (Å²) in [6.45, 7) is 2.00. The van der Waals surface area contributed by atoms with Crippen LogP contribution >= 0.6 is 23.2 Å². The number of benzene rings is 1. The molecule has 2 atom stereocenters. The van der Waals surface area contributed by atoms with E-state index in [0.717, 1.165) is 31.2 Å². The summed E-state index contributed by atoms with van der Waals surface area (Å²) >= 11 is 12.3. The molecule has 1 aromatic carbocycles. The molecule has 0 aromatic heterocycles. The molecule has 0 radical (unpaired) electrons. The lowest BCUT2D eigenvalue weighted by atomic mass is 9.58. The fraction of sp³-hybridized carbons (Fsp3) is 0.632. The molecule has 1 aliphatic rings. The number of hydrogen-bond donors (Lipinski definition) is 0. The first kappa shape index (κ1) is 19.7. The summed E-state index contributed by atoms with van der Waals surface area (Å²) in [5, 5.41) is 1.11. The summed E-state index contributed by atoms with van der Waals surface area (Å²) in [4.78, 5) is 15.1. The van der Waals surface area contributed by atoms with Crippen molar-refractivity contribution in [3.63, 3.8) is 0 Å². The van der Waals surface area contributed by atoms with Crippen LogP contribution in [0.4, 0.5) is 0 Å². The molecular weight excluding hydrogens is 345 g/mol. The molecular formula is C19H27Cl2NO2. The maximum Gasteiger partial charge on any atom is 0.150 e. The van der Waals surface area contributed by atoms with Crippen LogP contribution in [-0.2, 0) is 14.9 Å². The highest BCUT2D eigenvalue weighted by Gasteiger charge is 2.49. The van der Waals surface area contributed by atoms with Crippen LogP contribution in [0.2, 0.25) is 10.0 Å². The first-order valence-electron chi connectivity index (χ1n) is 8.49. The zero-order valence-corrected chi connectivity index (χ0v) is 16.5. The van der Waals surface area contributed by atoms with E-state index < -0.39 is 0 Å². The van der Waals surface area contributed by atoms with E-state index in [9.17, 15) is 4.79 Å². The van der Waals surface area contributed by atoms with Crippen molar-refractivity contribution in [3.05, 3.63) is 33.8 Å². The van der Waals surface area contributed by atoms with Gasteiger partial charge in [0.2, 0.25) is 0 Å². The lowest BCUT2D eigenvalue weighted by Crippen LogP contribution is -2.56. The van der Waals surface area contributed by atoms with Crippen LogP contribution in [-0.4, -0.2) is 44.0 Å². The van der Waals surface area contributed by atoms with Crippen molar-refractivity contribution in [1.29, 1.82) is 0 Å². The predicted molar refractivity (Wildman–Crippen MR) is 100 cm³/mol. The Kier molecular flexibility index (Phi) is 6.72. The number of ether oxygens (including phenoxy) is 1. The zero-order valence-electron chi connectivity index (χ0n) is 14.9. The third kappa shape index (κ3) is 3.96. The summed E-state index contributed by atoms with van der Waals surface area (Å²) in [7, 11) is 5.65. The molecule has 3 nitrogen and oxygen atoms in total. The minimum absolute atomic E-state index is 0.0964. The highest BCUT2D eigenvalue weighted by molar-refractivity contribution is 6.42. The highest BCUT2D eigenvalue weighted by Crippen LogP contribution is 2.49. The van der Waals surface area contributed by atoms with Gasteiger partial charge in [0.25, 0.3) is 0 Å². The van der Waals surface area contributed by atoms with Crippen molar-refractivity contribution in [2.24, 2.45) is 0 Å². The number of Topliss-reactive ketones (excluding diaryl/α,β-unsaturated/α-hetero) is 1. The summed E-state index contributed by atoms with van der Waals surface area (Å²) in [5.74, 6) is 0.273. The van der Waals surface area contributed by atoms with Crippen LogP contribution in [0.5, 0.6) is 0 Å². The largest absolute Gasteiger partial charge is 0.382 e. The summed E-state index contributed by atoms with van der Waals surface area (Å²) in [6, 6.07) is 5.65. The van der Waals surface area contributed by atoms with Crippen molar-refractivity contribution in [3.8, 4) is 0 Å². The minimum Gasteiger partial charge on any atom is -0.382 e. The van der Waals surface area contributed by atoms with E-state index in [1.165, 1.54) is 0 Å². The summed E-state index contributed by atoms with van der Waals surface area (Å²) < 4.78 is 5.28. The first-order chi connectivity index (χ1) is 11.3. The van der Waals surface area contributed by atoms with E-state index >= 15 is 0 Å². The van der Waals surface area contributed by atoms with Crippen molar-refractivity contribution in [2.45, 2.75) is 56.6 Å². The molecule has 1 aliphatic carbocycles. The van der Waals surface area contributed by atoms with Crippen LogP contribution in [0.3, 0.4) is 0 Å². The SMILES string of the molecule is COC(C)CCC(=O)C(N(C)C)C1(c2ccc(Cl)c(Cl)c2)CCC1. The van der Waals surface area contributed by atoms with E-state index in [4.69, 9.17) is 27.9 Å². The standard InChI is InChI=1S/C19H27Cl2NO2/c1-13(24-4)6-9-17(23)18(22(2)3)19(10-5-11-19)14-7-8-15(20)16(21)12-14/h7-8,12-13,18H,5-6,9-11H2,1-4H3. The third-order valence-electron chi connectivity index (χ3n) is 5.28. The number of carbonyl (C=O) groups excluding carboxylic acids is 1. The Morgan fingerprint density at radius 2 is 1.96 bits per heavy atom. The number of hydrogen-bond acceptors (Lipinski definition) is 3. The molecule has 1 aromatic rings. The van der Waals surface area contributed by atoms with E-state index in [-0.39, 0.29) is 23.3 Å². The topological polar surface area (TPSA) is 29.5 Å². The van der Waals surface area contributed by atoms with E-state index in [2.05, 4.69) is 4.90 Å². The van der Waals surface area contributed by atoms with Gasteiger partial charge in [0.1, 0.15) is 0 Å². The van der Waals surface area contributed by atoms with Gasteiger partial charge < -0.3 is 4.74 Å². The number of methoxy groups -OCH3 is 1. The number of carbonyl (C=O) groups is 1. The molecule has 0 bridgehead atoms. The van der Waals surface area contributed by atoms with Crippen LogP contribution in [0.1, 0.15) is 44.6 Å². The van der Waals surface area contributed by atoms with E-state index in [1.54, 1.807) is 7.11 Å². The minimum atomic E-state index is -0.162. The van der Waals surface area contributed by atoms with Crippen LogP contribution < -0.4 is 0 Å². The summed E-state index contributed by atoms with van der Waals surface area (Å²) in [5.41, 5.74) is 0.959. The Bertz CT molecular complexity index is 585. The van der Waals surface area contributed by atoms with Gasteiger partial charge in [0.05, 0.1) is 22.2 Å². The van der Waals surface area contributed by atoms with E-state index in [0.29, 0.717) is 16.5 Å². The quantitative estimate of drug-likeness (QED) is 0.661. The number of likely N-dealkylation sites (N-methyl/N-ethyl adjacent to an activating group) is 1. The fourth-order valence-electron chi connectivity index (χ4n) is 3.77. The molecule has 24 heavy (non-hydrogen) atoms. The van der Waals surface area contributed by atoms with Gasteiger partial charge in [-0.25, -0.2) is 0 Å². The molecule has 0 amide bonds. The zero-order chi connectivity index (χ0) is 17.9. The number of halogens is 2. The Labute approximate surface area is 155 Å². The molecule has 2 rings (SSSR count). The predicted octanol–water partition coefficient (Wildman–Crippen LogP) is 4.73. The van der Waals surface area contributed by atoms with Gasteiger partial charge in [0, 0.05) is 18.9 Å². The van der Waals surface area contributed by atoms with Crippen molar-refractivity contribution < 1.29 is 9.53 Å². The van der Waals surface area contributed by atoms with Gasteiger partial charge in [0.15, 0.2) is 5.78 Å². The van der Waals surface area contributed by atoms with Crippen LogP contribution in [0.25, 0.3) is 0 Å². The number of ketones is 1. The molecule has 1 fully saturated rings. The molecule has 5 heteroatoms. The number of nitrogens with zero attached hydrogens (tertiary/aromatic N) is 1. The second-order valence-corrected chi connectivity index (χ2v) is 7.87. The van der Waals surface area contributed by atoms with Gasteiger partial charge in [-0.1, -0.05) is 35.7 Å². The molecule has 0 spiro atoms. The van der Waals surface area contributed by atoms with Crippen LogP contribution in [0, 0.1) is 0 Å². The monoisotopic (exact) mass is 371 g/mol. The Balaban J connectivity index is 2.29. The second-order valence-electron chi connectivity index (χ2n) is 7.06. The highest BCUT2D eigenvalue weighted by atomic mass is 35.5. The normalized spacial score (nSPS) is 19.0. The fourth-order valence-corrected chi connectivity index (χ4v) is 4.07. The average molecular weight is 372 g/mol. The van der Waals surface area contributed by atoms with Crippen molar-refractivity contribution in [2.75, 3.05) is 21.2 Å². The Hall–Kier alpha value is -0.610. The van der Waals surface area contributed by atoms with Gasteiger partial charge in [-0.05, 0) is 58.0 Å². The number of rotatable bonds is 8. The smallest absolute Gasteiger partial charge is 0.150 e. The average Bonchev–Trinajstić information content (AvgIpc) is 2.50. The van der Waals surface area contributed by atoms with Gasteiger partial charge in [-0.15, -0.1) is 0 Å². The molecule has 134 valence electrons. The molecule has 0 aliphatic heterocycles. The molecule has 2 unspecified atom stereocenters.